The summed E-state index contributed by atoms with van der Waals surface area (Å²) in [6.45, 7) is 3.58. The smallest absolute Gasteiger partial charge is 0.270 e. The molecule has 0 atom stereocenters. The first kappa shape index (κ1) is 15.9. The maximum absolute atomic E-state index is 12.0. The Kier molecular flexibility index (Phi) is 6.45. The van der Waals surface area contributed by atoms with E-state index in [2.05, 4.69) is 10.6 Å². The molecule has 0 aliphatic carbocycles. The number of ether oxygens (including phenoxy) is 1. The standard InChI is InChI=1S/C13H19N3O4/c1-3-20-8-4-7-15-13(17)11-9-10(16(18)19)5-6-12(11)14-2/h5-6,9,14H,3-4,7-8H2,1-2H3,(H,15,17). The maximum atomic E-state index is 12.0. The van der Waals surface area contributed by atoms with Crippen LogP contribution in [0.4, 0.5) is 11.4 Å². The summed E-state index contributed by atoms with van der Waals surface area (Å²) in [5.41, 5.74) is 0.708. The van der Waals surface area contributed by atoms with Crippen LogP contribution in [0.5, 0.6) is 0 Å². The fourth-order valence-electron chi connectivity index (χ4n) is 1.67. The molecule has 0 saturated heterocycles. The first-order chi connectivity index (χ1) is 9.60. The molecule has 0 radical (unpaired) electrons. The van der Waals surface area contributed by atoms with Crippen molar-refractivity contribution in [3.05, 3.63) is 33.9 Å². The van der Waals surface area contributed by atoms with Crippen molar-refractivity contribution in [1.82, 2.24) is 5.32 Å². The molecule has 110 valence electrons. The molecule has 0 bridgehead atoms. The van der Waals surface area contributed by atoms with Crippen LogP contribution in [0.2, 0.25) is 0 Å². The molecule has 0 unspecified atom stereocenters. The van der Waals surface area contributed by atoms with Crippen molar-refractivity contribution < 1.29 is 14.5 Å². The van der Waals surface area contributed by atoms with E-state index in [0.717, 1.165) is 0 Å². The minimum Gasteiger partial charge on any atom is -0.387 e. The summed E-state index contributed by atoms with van der Waals surface area (Å²) in [4.78, 5) is 22.2. The molecule has 1 aromatic carbocycles. The van der Waals surface area contributed by atoms with Crippen LogP contribution in [0, 0.1) is 10.1 Å². The number of anilines is 1. The fourth-order valence-corrected chi connectivity index (χ4v) is 1.67. The number of rotatable bonds is 8. The summed E-state index contributed by atoms with van der Waals surface area (Å²) in [5.74, 6) is -0.338. The predicted octanol–water partition coefficient (Wildman–Crippen LogP) is 1.79. The lowest BCUT2D eigenvalue weighted by Crippen LogP contribution is -2.26. The molecule has 7 heteroatoms. The maximum Gasteiger partial charge on any atom is 0.270 e. The lowest BCUT2D eigenvalue weighted by molar-refractivity contribution is -0.384. The highest BCUT2D eigenvalue weighted by Crippen LogP contribution is 2.21. The van der Waals surface area contributed by atoms with Gasteiger partial charge in [0.1, 0.15) is 0 Å². The average molecular weight is 281 g/mol. The lowest BCUT2D eigenvalue weighted by Gasteiger charge is -2.09. The van der Waals surface area contributed by atoms with Crippen LogP contribution in [0.25, 0.3) is 0 Å². The van der Waals surface area contributed by atoms with Crippen LogP contribution < -0.4 is 10.6 Å². The van der Waals surface area contributed by atoms with E-state index in [1.165, 1.54) is 18.2 Å². The summed E-state index contributed by atoms with van der Waals surface area (Å²) in [6, 6.07) is 4.15. The highest BCUT2D eigenvalue weighted by atomic mass is 16.6. The van der Waals surface area contributed by atoms with E-state index < -0.39 is 4.92 Å². The second-order valence-electron chi connectivity index (χ2n) is 4.04. The van der Waals surface area contributed by atoms with E-state index in [0.29, 0.717) is 31.9 Å². The number of carbonyl (C=O) groups is 1. The van der Waals surface area contributed by atoms with Crippen molar-refractivity contribution in [3.63, 3.8) is 0 Å². The number of hydrogen-bond acceptors (Lipinski definition) is 5. The number of carbonyl (C=O) groups excluding carboxylic acids is 1. The van der Waals surface area contributed by atoms with Gasteiger partial charge in [0.05, 0.1) is 10.5 Å². The van der Waals surface area contributed by atoms with Crippen molar-refractivity contribution in [2.45, 2.75) is 13.3 Å². The van der Waals surface area contributed by atoms with Gasteiger partial charge in [-0.15, -0.1) is 0 Å². The molecule has 1 amide bonds. The van der Waals surface area contributed by atoms with Gasteiger partial charge in [0.2, 0.25) is 0 Å². The van der Waals surface area contributed by atoms with Crippen LogP contribution in [-0.4, -0.2) is 37.6 Å². The molecule has 0 heterocycles. The number of amides is 1. The minimum absolute atomic E-state index is 0.108. The van der Waals surface area contributed by atoms with Crippen molar-refractivity contribution in [3.8, 4) is 0 Å². The zero-order valence-corrected chi connectivity index (χ0v) is 11.6. The molecule has 2 N–H and O–H groups in total. The first-order valence-electron chi connectivity index (χ1n) is 6.42. The number of benzene rings is 1. The molecule has 0 spiro atoms. The Hall–Kier alpha value is -2.15. The van der Waals surface area contributed by atoms with E-state index in [-0.39, 0.29) is 17.2 Å². The van der Waals surface area contributed by atoms with Gasteiger partial charge in [0, 0.05) is 44.6 Å². The molecule has 0 fully saturated rings. The largest absolute Gasteiger partial charge is 0.387 e. The molecule has 7 nitrogen and oxygen atoms in total. The van der Waals surface area contributed by atoms with Gasteiger partial charge >= 0.3 is 0 Å². The van der Waals surface area contributed by atoms with E-state index in [1.54, 1.807) is 7.05 Å². The van der Waals surface area contributed by atoms with Crippen LogP contribution in [0.3, 0.4) is 0 Å². The van der Waals surface area contributed by atoms with Gasteiger partial charge < -0.3 is 15.4 Å². The van der Waals surface area contributed by atoms with Crippen LogP contribution in [-0.2, 0) is 4.74 Å². The zero-order valence-electron chi connectivity index (χ0n) is 11.6. The second-order valence-corrected chi connectivity index (χ2v) is 4.04. The van der Waals surface area contributed by atoms with Crippen molar-refractivity contribution in [2.24, 2.45) is 0 Å². The highest BCUT2D eigenvalue weighted by molar-refractivity contribution is 6.00. The predicted molar refractivity (Wildman–Crippen MR) is 76.1 cm³/mol. The molecule has 0 saturated carbocycles. The molecule has 20 heavy (non-hydrogen) atoms. The average Bonchev–Trinajstić information content (AvgIpc) is 2.46. The van der Waals surface area contributed by atoms with Gasteiger partial charge in [-0.1, -0.05) is 0 Å². The Balaban J connectivity index is 2.70. The number of nitro groups is 1. The van der Waals surface area contributed by atoms with Gasteiger partial charge in [-0.05, 0) is 19.4 Å². The molecule has 0 aliphatic rings. The third kappa shape index (κ3) is 4.51. The Bertz CT molecular complexity index is 477. The van der Waals surface area contributed by atoms with Crippen molar-refractivity contribution >= 4 is 17.3 Å². The van der Waals surface area contributed by atoms with Crippen LogP contribution in [0.15, 0.2) is 18.2 Å². The zero-order chi connectivity index (χ0) is 15.0. The second kappa shape index (κ2) is 8.11. The number of nitrogens with zero attached hydrogens (tertiary/aromatic N) is 1. The summed E-state index contributed by atoms with van der Waals surface area (Å²) < 4.78 is 5.16. The number of nitrogens with one attached hydrogen (secondary N) is 2. The van der Waals surface area contributed by atoms with Gasteiger partial charge in [-0.3, -0.25) is 14.9 Å². The normalized spacial score (nSPS) is 10.1. The van der Waals surface area contributed by atoms with E-state index in [1.807, 2.05) is 6.92 Å². The van der Waals surface area contributed by atoms with Crippen molar-refractivity contribution in [1.29, 1.82) is 0 Å². The van der Waals surface area contributed by atoms with Crippen molar-refractivity contribution in [2.75, 3.05) is 32.1 Å². The lowest BCUT2D eigenvalue weighted by atomic mass is 10.1. The van der Waals surface area contributed by atoms with Crippen LogP contribution in [0.1, 0.15) is 23.7 Å². The highest BCUT2D eigenvalue weighted by Gasteiger charge is 2.15. The van der Waals surface area contributed by atoms with E-state index in [9.17, 15) is 14.9 Å². The molecular weight excluding hydrogens is 262 g/mol. The quantitative estimate of drug-likeness (QED) is 0.430. The van der Waals surface area contributed by atoms with Gasteiger partial charge in [0.25, 0.3) is 11.6 Å². The van der Waals surface area contributed by atoms with Crippen LogP contribution >= 0.6 is 0 Å². The Morgan fingerprint density at radius 1 is 1.45 bits per heavy atom. The van der Waals surface area contributed by atoms with E-state index >= 15 is 0 Å². The summed E-state index contributed by atoms with van der Waals surface area (Å²) in [5, 5.41) is 16.3. The monoisotopic (exact) mass is 281 g/mol. The fraction of sp³-hybridized carbons (Fsp3) is 0.462. The van der Waals surface area contributed by atoms with E-state index in [4.69, 9.17) is 4.74 Å². The third-order valence-electron chi connectivity index (χ3n) is 2.68. The Morgan fingerprint density at radius 2 is 2.20 bits per heavy atom. The molecule has 0 aromatic heterocycles. The Labute approximate surface area is 117 Å². The summed E-state index contributed by atoms with van der Waals surface area (Å²) in [6.07, 6.45) is 0.698. The Morgan fingerprint density at radius 3 is 2.80 bits per heavy atom. The van der Waals surface area contributed by atoms with Gasteiger partial charge in [-0.2, -0.15) is 0 Å². The number of nitro benzene ring substituents is 1. The summed E-state index contributed by atoms with van der Waals surface area (Å²) in [7, 11) is 1.66. The molecule has 0 aliphatic heterocycles. The van der Waals surface area contributed by atoms with Gasteiger partial charge in [0.15, 0.2) is 0 Å². The SMILES string of the molecule is CCOCCCNC(=O)c1cc([N+](=O)[O-])ccc1NC. The number of hydrogen-bond donors (Lipinski definition) is 2. The minimum atomic E-state index is -0.523. The first-order valence-corrected chi connectivity index (χ1v) is 6.42. The molecule has 1 aromatic rings. The summed E-state index contributed by atoms with van der Waals surface area (Å²) >= 11 is 0. The van der Waals surface area contributed by atoms with Gasteiger partial charge in [-0.25, -0.2) is 0 Å². The molecular formula is C13H19N3O4. The molecule has 1 rings (SSSR count). The third-order valence-corrected chi connectivity index (χ3v) is 2.68. The number of non-ortho nitro benzene ring substituents is 1. The topological polar surface area (TPSA) is 93.5 Å².